The highest BCUT2D eigenvalue weighted by Gasteiger charge is 2.23. The van der Waals surface area contributed by atoms with Gasteiger partial charge in [0.1, 0.15) is 34.5 Å². The van der Waals surface area contributed by atoms with E-state index in [9.17, 15) is 35.4 Å². The Kier molecular flexibility index (Phi) is 14.8. The van der Waals surface area contributed by atoms with Gasteiger partial charge in [-0.1, -0.05) is 77.1 Å². The molecule has 12 rings (SSSR count). The standard InChI is InChI=1S/C20H20N4O3.C20H17N3O2S.C19H19N3O4S/c1-11(2)14-9-15(18(26)10-17(14)25)19-21-22-20(27)24(19)13-4-5-16-12(8-13)6-7-23(16)3;1-2-12-10-15(18(25)11-17(12)24)19-21-22-20(26)23(19)16-9-5-7-13-6-3-4-8-14(13)16;1-10(2)12-6-13(15(24)7-14(12)23)18-20-21-19(27)22(18)8-11-3-4-16-17(5-11)26-9-25-16/h4-11,25-26H,1-3H3,(H,22,27);3-11,24-25H,2H2,1H3,(H,22,26);3-7,10,23-24H,8-9H2,1-2H3,(H,21,27). The van der Waals surface area contributed by atoms with Gasteiger partial charge in [0.15, 0.2) is 38.5 Å². The lowest BCUT2D eigenvalue weighted by Gasteiger charge is -2.13. The summed E-state index contributed by atoms with van der Waals surface area (Å²) in [6.45, 7) is 10.4. The van der Waals surface area contributed by atoms with Crippen LogP contribution < -0.4 is 15.2 Å². The van der Waals surface area contributed by atoms with Gasteiger partial charge in [-0.2, -0.15) is 15.3 Å². The van der Waals surface area contributed by atoms with Gasteiger partial charge >= 0.3 is 5.69 Å². The molecular weight excluding hydrogens is 1060 g/mol. The van der Waals surface area contributed by atoms with Crippen LogP contribution in [0.15, 0.2) is 132 Å². The highest BCUT2D eigenvalue weighted by Crippen LogP contribution is 2.41. The number of hydrogen-bond acceptors (Lipinski definition) is 14. The predicted octanol–water partition coefficient (Wildman–Crippen LogP) is 11.9. The molecule has 0 spiro atoms. The van der Waals surface area contributed by atoms with Crippen LogP contribution in [0, 0.1) is 9.54 Å². The second-order valence-corrected chi connectivity index (χ2v) is 20.5. The summed E-state index contributed by atoms with van der Waals surface area (Å²) in [5.74, 6) is 2.73. The molecule has 408 valence electrons. The van der Waals surface area contributed by atoms with Gasteiger partial charge in [-0.05, 0) is 131 Å². The van der Waals surface area contributed by atoms with Crippen molar-refractivity contribution in [1.29, 1.82) is 0 Å². The number of aromatic nitrogens is 10. The van der Waals surface area contributed by atoms with Crippen LogP contribution in [-0.2, 0) is 20.0 Å². The molecule has 0 fully saturated rings. The number of phenolic OH excluding ortho intramolecular Hbond substituents is 6. The number of rotatable bonds is 10. The molecule has 0 radical (unpaired) electrons. The zero-order valence-electron chi connectivity index (χ0n) is 44.3. The fraction of sp³-hybridized carbons (Fsp3) is 0.186. The van der Waals surface area contributed by atoms with E-state index in [4.69, 9.17) is 33.9 Å². The molecule has 19 nitrogen and oxygen atoms in total. The van der Waals surface area contributed by atoms with E-state index in [2.05, 4.69) is 30.6 Å². The molecular formula is C59H56N10O9S2. The Bertz CT molecular complexity index is 4330. The van der Waals surface area contributed by atoms with E-state index < -0.39 is 5.69 Å². The molecule has 0 amide bonds. The Labute approximate surface area is 467 Å². The van der Waals surface area contributed by atoms with Gasteiger partial charge in [0.25, 0.3) is 0 Å². The molecule has 0 unspecified atom stereocenters. The van der Waals surface area contributed by atoms with Crippen molar-refractivity contribution in [3.8, 4) is 91.5 Å². The van der Waals surface area contributed by atoms with Gasteiger partial charge in [-0.3, -0.25) is 19.3 Å². The Morgan fingerprint density at radius 1 is 0.588 bits per heavy atom. The minimum atomic E-state index is -0.404. The highest BCUT2D eigenvalue weighted by molar-refractivity contribution is 7.71. The lowest BCUT2D eigenvalue weighted by molar-refractivity contribution is 0.174. The molecule has 5 heterocycles. The second-order valence-electron chi connectivity index (χ2n) is 19.7. The molecule has 1 aliphatic heterocycles. The fourth-order valence-corrected chi connectivity index (χ4v) is 10.1. The summed E-state index contributed by atoms with van der Waals surface area (Å²) in [4.78, 5) is 12.5. The van der Waals surface area contributed by atoms with Crippen molar-refractivity contribution in [3.05, 3.63) is 170 Å². The summed E-state index contributed by atoms with van der Waals surface area (Å²) in [5, 5.41) is 85.2. The Morgan fingerprint density at radius 3 is 1.89 bits per heavy atom. The third kappa shape index (κ3) is 10.3. The topological polar surface area (TPSA) is 263 Å². The maximum atomic E-state index is 12.5. The van der Waals surface area contributed by atoms with Gasteiger partial charge in [0.2, 0.25) is 6.79 Å². The van der Waals surface area contributed by atoms with Crippen molar-refractivity contribution in [3.63, 3.8) is 0 Å². The second kappa shape index (κ2) is 22.0. The van der Waals surface area contributed by atoms with Crippen LogP contribution in [0.2, 0.25) is 0 Å². The molecule has 11 aromatic rings. The lowest BCUT2D eigenvalue weighted by Crippen LogP contribution is -2.15. The van der Waals surface area contributed by atoms with Crippen LogP contribution in [-0.4, -0.2) is 86.3 Å². The molecule has 9 N–H and O–H groups in total. The Hall–Kier alpha value is -9.60. The maximum Gasteiger partial charge on any atom is 0.348 e. The van der Waals surface area contributed by atoms with E-state index in [1.807, 2.05) is 142 Å². The molecule has 1 aliphatic rings. The molecule has 7 aromatic carbocycles. The third-order valence-corrected chi connectivity index (χ3v) is 14.4. The number of aromatic amines is 3. The number of nitrogens with zero attached hydrogens (tertiary/aromatic N) is 7. The van der Waals surface area contributed by atoms with Gasteiger partial charge in [0.05, 0.1) is 34.6 Å². The van der Waals surface area contributed by atoms with Crippen molar-refractivity contribution in [2.45, 2.75) is 59.4 Å². The first-order chi connectivity index (χ1) is 38.4. The molecule has 0 saturated heterocycles. The molecule has 80 heavy (non-hydrogen) atoms. The molecule has 4 aromatic heterocycles. The average molecular weight is 1110 g/mol. The monoisotopic (exact) mass is 1110 g/mol. The van der Waals surface area contributed by atoms with Crippen LogP contribution in [0.3, 0.4) is 0 Å². The number of nitrogens with one attached hydrogen (secondary N) is 3. The van der Waals surface area contributed by atoms with Crippen molar-refractivity contribution in [1.82, 2.24) is 48.9 Å². The largest absolute Gasteiger partial charge is 0.508 e. The predicted molar refractivity (Wildman–Crippen MR) is 310 cm³/mol. The number of hydrogen-bond donors (Lipinski definition) is 9. The van der Waals surface area contributed by atoms with E-state index in [0.29, 0.717) is 73.6 Å². The van der Waals surface area contributed by atoms with Crippen molar-refractivity contribution in [2.75, 3.05) is 6.79 Å². The normalized spacial score (nSPS) is 11.8. The lowest BCUT2D eigenvalue weighted by atomic mass is 9.98. The Balaban J connectivity index is 0.000000135. The van der Waals surface area contributed by atoms with Crippen molar-refractivity contribution >= 4 is 46.1 Å². The van der Waals surface area contributed by atoms with E-state index in [1.54, 1.807) is 22.8 Å². The number of phenols is 6. The summed E-state index contributed by atoms with van der Waals surface area (Å²) in [5.41, 5.74) is 6.65. The Morgan fingerprint density at radius 2 is 1.19 bits per heavy atom. The zero-order chi connectivity index (χ0) is 56.7. The average Bonchev–Trinajstić information content (AvgIpc) is 4.34. The molecule has 0 atom stereocenters. The van der Waals surface area contributed by atoms with E-state index >= 15 is 0 Å². The first-order valence-corrected chi connectivity index (χ1v) is 26.3. The minimum Gasteiger partial charge on any atom is -0.508 e. The first-order valence-electron chi connectivity index (χ1n) is 25.5. The van der Waals surface area contributed by atoms with Gasteiger partial charge in [0, 0.05) is 47.7 Å². The van der Waals surface area contributed by atoms with Gasteiger partial charge < -0.3 is 44.7 Å². The summed E-state index contributed by atoms with van der Waals surface area (Å²) < 4.78 is 18.7. The summed E-state index contributed by atoms with van der Waals surface area (Å²) in [6, 6.07) is 36.5. The quantitative estimate of drug-likeness (QED) is 0.0577. The number of fused-ring (bicyclic) bond motifs is 3. The van der Waals surface area contributed by atoms with Gasteiger partial charge in [-0.15, -0.1) is 0 Å². The van der Waals surface area contributed by atoms with E-state index in [-0.39, 0.29) is 59.0 Å². The van der Waals surface area contributed by atoms with Gasteiger partial charge in [-0.25, -0.2) is 14.5 Å². The van der Waals surface area contributed by atoms with Crippen LogP contribution in [0.1, 0.15) is 68.7 Å². The highest BCUT2D eigenvalue weighted by atomic mass is 32.1. The van der Waals surface area contributed by atoms with Crippen LogP contribution in [0.25, 0.3) is 67.2 Å². The number of aromatic hydroxyl groups is 6. The van der Waals surface area contributed by atoms with Crippen LogP contribution in [0.4, 0.5) is 0 Å². The molecule has 0 aliphatic carbocycles. The maximum absolute atomic E-state index is 12.5. The molecule has 0 bridgehead atoms. The number of benzene rings is 7. The van der Waals surface area contributed by atoms with E-state index in [0.717, 1.165) is 44.1 Å². The third-order valence-electron chi connectivity index (χ3n) is 13.8. The first kappa shape index (κ1) is 53.8. The van der Waals surface area contributed by atoms with Crippen LogP contribution in [0.5, 0.6) is 46.0 Å². The summed E-state index contributed by atoms with van der Waals surface area (Å²) in [7, 11) is 1.96. The number of aryl methyl sites for hydroxylation is 2. The number of H-pyrrole nitrogens is 3. The van der Waals surface area contributed by atoms with Crippen LogP contribution >= 0.6 is 24.4 Å². The van der Waals surface area contributed by atoms with E-state index in [1.165, 1.54) is 22.8 Å². The summed E-state index contributed by atoms with van der Waals surface area (Å²) >= 11 is 10.8. The number of ether oxygens (including phenoxy) is 2. The zero-order valence-corrected chi connectivity index (χ0v) is 45.9. The van der Waals surface area contributed by atoms with Crippen molar-refractivity contribution < 1.29 is 40.1 Å². The minimum absolute atomic E-state index is 0.0152. The SMILES string of the molecule is CC(C)c1cc(-c2n[nH]c(=O)n2-c2ccc3c(ccn3C)c2)c(O)cc1O.CC(C)c1cc(-c2n[nH]c(=S)n2Cc2ccc3c(c2)OCO3)c(O)cc1O.CCc1cc(-c2n[nH]c(=S)n2-c2cccc3ccccc23)c(O)cc1O. The molecule has 21 heteroatoms. The molecule has 0 saturated carbocycles. The van der Waals surface area contributed by atoms with Crippen molar-refractivity contribution in [2.24, 2.45) is 7.05 Å². The smallest absolute Gasteiger partial charge is 0.348 e. The fourth-order valence-electron chi connectivity index (χ4n) is 9.68. The summed E-state index contributed by atoms with van der Waals surface area (Å²) in [6.07, 6.45) is 2.59.